The summed E-state index contributed by atoms with van der Waals surface area (Å²) < 4.78 is 0. The topological polar surface area (TPSA) is 23.5 Å². The van der Waals surface area contributed by atoms with Gasteiger partial charge >= 0.3 is 0 Å². The summed E-state index contributed by atoms with van der Waals surface area (Å²) in [5.41, 5.74) is 1.23. The van der Waals surface area contributed by atoms with Gasteiger partial charge in [-0.25, -0.2) is 0 Å². The van der Waals surface area contributed by atoms with E-state index in [1.54, 1.807) is 0 Å². The molecular formula is C20H24ClNO. The lowest BCUT2D eigenvalue weighted by atomic mass is 9.86. The Morgan fingerprint density at radius 1 is 0.913 bits per heavy atom. The van der Waals surface area contributed by atoms with Crippen molar-refractivity contribution < 1.29 is 5.11 Å². The van der Waals surface area contributed by atoms with Crippen LogP contribution in [0.2, 0.25) is 5.02 Å². The second-order valence-corrected chi connectivity index (χ2v) is 6.97. The maximum absolute atomic E-state index is 11.5. The Bertz CT molecular complexity index is 607. The van der Waals surface area contributed by atoms with E-state index in [4.69, 9.17) is 11.6 Å². The minimum Gasteiger partial charge on any atom is -0.383 e. The zero-order chi connectivity index (χ0) is 16.1. The first-order chi connectivity index (χ1) is 11.2. The summed E-state index contributed by atoms with van der Waals surface area (Å²) in [5, 5.41) is 12.2. The summed E-state index contributed by atoms with van der Waals surface area (Å²) in [4.78, 5) is 2.40. The van der Waals surface area contributed by atoms with Gasteiger partial charge in [0.1, 0.15) is 5.60 Å². The first kappa shape index (κ1) is 16.5. The van der Waals surface area contributed by atoms with E-state index in [1.165, 1.54) is 19.3 Å². The molecule has 2 aromatic carbocycles. The fourth-order valence-corrected chi connectivity index (χ4v) is 3.55. The molecule has 0 aromatic heterocycles. The van der Waals surface area contributed by atoms with Gasteiger partial charge in [-0.05, 0) is 49.2 Å². The summed E-state index contributed by atoms with van der Waals surface area (Å²) in [6.07, 6.45) is 4.36. The van der Waals surface area contributed by atoms with Crippen LogP contribution in [0.25, 0.3) is 0 Å². The summed E-state index contributed by atoms with van der Waals surface area (Å²) in [6.45, 7) is 2.84. The van der Waals surface area contributed by atoms with Gasteiger partial charge in [0.2, 0.25) is 0 Å². The van der Waals surface area contributed by atoms with Crippen LogP contribution in [0.4, 0.5) is 0 Å². The van der Waals surface area contributed by atoms with E-state index >= 15 is 0 Å². The van der Waals surface area contributed by atoms with Crippen molar-refractivity contribution in [1.82, 2.24) is 4.90 Å². The van der Waals surface area contributed by atoms with E-state index in [-0.39, 0.29) is 0 Å². The number of benzene rings is 2. The third-order valence-corrected chi connectivity index (χ3v) is 4.91. The Morgan fingerprint density at radius 3 is 2.22 bits per heavy atom. The highest BCUT2D eigenvalue weighted by atomic mass is 35.5. The molecule has 1 aliphatic rings. The van der Waals surface area contributed by atoms with Gasteiger partial charge in [0.05, 0.1) is 0 Å². The van der Waals surface area contributed by atoms with Crippen LogP contribution in [0.15, 0.2) is 54.6 Å². The third-order valence-electron chi connectivity index (χ3n) is 4.65. The molecule has 1 atom stereocenters. The molecule has 2 aromatic rings. The van der Waals surface area contributed by atoms with Gasteiger partial charge < -0.3 is 10.0 Å². The number of hydrogen-bond acceptors (Lipinski definition) is 2. The monoisotopic (exact) mass is 329 g/mol. The largest absolute Gasteiger partial charge is 0.383 e. The first-order valence-electron chi connectivity index (χ1n) is 8.40. The molecule has 1 fully saturated rings. The number of β-amino-alcohol motifs (C(OH)–C–C–N with tert-alkyl or cyclic N) is 1. The smallest absolute Gasteiger partial charge is 0.106 e. The lowest BCUT2D eigenvalue weighted by Gasteiger charge is -2.36. The van der Waals surface area contributed by atoms with Crippen molar-refractivity contribution in [3.8, 4) is 0 Å². The quantitative estimate of drug-likeness (QED) is 0.886. The van der Waals surface area contributed by atoms with Crippen molar-refractivity contribution in [2.75, 3.05) is 19.6 Å². The minimum absolute atomic E-state index is 0.602. The van der Waals surface area contributed by atoms with Crippen LogP contribution >= 0.6 is 11.6 Å². The summed E-state index contributed by atoms with van der Waals surface area (Å²) in [5.74, 6) is 0. The van der Waals surface area contributed by atoms with Gasteiger partial charge in [-0.3, -0.25) is 0 Å². The molecule has 1 aliphatic heterocycles. The number of piperidine rings is 1. The van der Waals surface area contributed by atoms with Crippen LogP contribution in [0.3, 0.4) is 0 Å². The molecule has 0 saturated carbocycles. The zero-order valence-electron chi connectivity index (χ0n) is 13.4. The van der Waals surface area contributed by atoms with Crippen LogP contribution in [0, 0.1) is 0 Å². The molecule has 1 N–H and O–H groups in total. The average Bonchev–Trinajstić information content (AvgIpc) is 2.59. The van der Waals surface area contributed by atoms with E-state index in [0.29, 0.717) is 13.0 Å². The molecule has 0 spiro atoms. The summed E-state index contributed by atoms with van der Waals surface area (Å²) in [6, 6.07) is 17.8. The highest BCUT2D eigenvalue weighted by molar-refractivity contribution is 6.30. The Balaban J connectivity index is 1.84. The fourth-order valence-electron chi connectivity index (χ4n) is 3.43. The number of aliphatic hydroxyl groups is 1. The van der Waals surface area contributed by atoms with Crippen LogP contribution in [-0.2, 0) is 12.0 Å². The summed E-state index contributed by atoms with van der Waals surface area (Å²) >= 11 is 5.98. The molecule has 0 radical (unpaired) electrons. The molecule has 0 aliphatic carbocycles. The second-order valence-electron chi connectivity index (χ2n) is 6.54. The van der Waals surface area contributed by atoms with E-state index in [9.17, 15) is 5.11 Å². The Labute approximate surface area is 143 Å². The number of halogens is 1. The van der Waals surface area contributed by atoms with Gasteiger partial charge in [-0.15, -0.1) is 0 Å². The molecule has 0 unspecified atom stereocenters. The van der Waals surface area contributed by atoms with Crippen molar-refractivity contribution in [2.45, 2.75) is 31.3 Å². The third kappa shape index (κ3) is 4.35. The molecule has 122 valence electrons. The number of hydrogen-bond donors (Lipinski definition) is 1. The molecule has 0 amide bonds. The molecule has 3 heteroatoms. The van der Waals surface area contributed by atoms with Gasteiger partial charge in [0.15, 0.2) is 0 Å². The lowest BCUT2D eigenvalue weighted by Crippen LogP contribution is -2.44. The highest BCUT2D eigenvalue weighted by Gasteiger charge is 2.32. The van der Waals surface area contributed by atoms with Crippen molar-refractivity contribution in [2.24, 2.45) is 0 Å². The Kier molecular flexibility index (Phi) is 5.37. The fraction of sp³-hybridized carbons (Fsp3) is 0.400. The predicted octanol–water partition coefficient (Wildman–Crippen LogP) is 4.26. The molecular weight excluding hydrogens is 306 g/mol. The SMILES string of the molecule is O[C@@](Cc1ccc(Cl)cc1)(CN1CCCCC1)c1ccccc1. The first-order valence-corrected chi connectivity index (χ1v) is 8.78. The van der Waals surface area contributed by atoms with Gasteiger partial charge in [-0.2, -0.15) is 0 Å². The van der Waals surface area contributed by atoms with Crippen LogP contribution in [-0.4, -0.2) is 29.6 Å². The molecule has 3 rings (SSSR count). The maximum Gasteiger partial charge on any atom is 0.106 e. The number of likely N-dealkylation sites (tertiary alicyclic amines) is 1. The molecule has 2 nitrogen and oxygen atoms in total. The molecule has 1 heterocycles. The lowest BCUT2D eigenvalue weighted by molar-refractivity contribution is -0.00568. The summed E-state index contributed by atoms with van der Waals surface area (Å²) in [7, 11) is 0. The average molecular weight is 330 g/mol. The molecule has 1 saturated heterocycles. The van der Waals surface area contributed by atoms with E-state index in [0.717, 1.165) is 29.2 Å². The predicted molar refractivity (Wildman–Crippen MR) is 95.8 cm³/mol. The number of nitrogens with zero attached hydrogens (tertiary/aromatic N) is 1. The van der Waals surface area contributed by atoms with E-state index < -0.39 is 5.60 Å². The normalized spacial score (nSPS) is 18.5. The maximum atomic E-state index is 11.5. The highest BCUT2D eigenvalue weighted by Crippen LogP contribution is 2.28. The second kappa shape index (κ2) is 7.48. The van der Waals surface area contributed by atoms with E-state index in [2.05, 4.69) is 4.90 Å². The number of rotatable bonds is 5. The Morgan fingerprint density at radius 2 is 1.57 bits per heavy atom. The standard InChI is InChI=1S/C20H24ClNO/c21-19-11-9-17(10-12-19)15-20(23,18-7-3-1-4-8-18)16-22-13-5-2-6-14-22/h1,3-4,7-12,23H,2,5-6,13-16H2/t20-/m0/s1. The van der Waals surface area contributed by atoms with Crippen LogP contribution in [0.5, 0.6) is 0 Å². The van der Waals surface area contributed by atoms with Gasteiger partial charge in [-0.1, -0.05) is 60.5 Å². The Hall–Kier alpha value is -1.35. The minimum atomic E-state index is -0.869. The van der Waals surface area contributed by atoms with Crippen LogP contribution < -0.4 is 0 Å². The van der Waals surface area contributed by atoms with Crippen molar-refractivity contribution in [3.63, 3.8) is 0 Å². The zero-order valence-corrected chi connectivity index (χ0v) is 14.2. The van der Waals surface area contributed by atoms with Crippen LogP contribution in [0.1, 0.15) is 30.4 Å². The molecule has 23 heavy (non-hydrogen) atoms. The van der Waals surface area contributed by atoms with Gasteiger partial charge in [0.25, 0.3) is 0 Å². The van der Waals surface area contributed by atoms with Crippen molar-refractivity contribution in [1.29, 1.82) is 0 Å². The molecule has 0 bridgehead atoms. The van der Waals surface area contributed by atoms with Gasteiger partial charge in [0, 0.05) is 18.0 Å². The van der Waals surface area contributed by atoms with Crippen molar-refractivity contribution in [3.05, 3.63) is 70.7 Å². The van der Waals surface area contributed by atoms with E-state index in [1.807, 2.05) is 54.6 Å². The van der Waals surface area contributed by atoms with Crippen molar-refractivity contribution >= 4 is 11.6 Å².